The second-order valence-electron chi connectivity index (χ2n) is 4.74. The van der Waals surface area contributed by atoms with Crippen LogP contribution in [0.1, 0.15) is 30.1 Å². The zero-order valence-corrected chi connectivity index (χ0v) is 13.3. The molecule has 1 aliphatic carbocycles. The molecule has 1 saturated carbocycles. The summed E-state index contributed by atoms with van der Waals surface area (Å²) in [6.07, 6.45) is 2.59. The molecular weight excluding hydrogens is 328 g/mol. The highest BCUT2D eigenvalue weighted by Crippen LogP contribution is 2.26. The lowest BCUT2D eigenvalue weighted by Gasteiger charge is -2.19. The maximum atomic E-state index is 12.1. The summed E-state index contributed by atoms with van der Waals surface area (Å²) < 4.78 is 0.768. The molecule has 1 aliphatic rings. The molecule has 0 saturated heterocycles. The third-order valence-electron chi connectivity index (χ3n) is 3.33. The summed E-state index contributed by atoms with van der Waals surface area (Å²) in [5, 5.41) is 3.52. The number of hydrogen-bond acceptors (Lipinski definition) is 2. The number of likely N-dealkylation sites (N-methyl/N-ethyl adjacent to an activating group) is 1. The smallest absolute Gasteiger partial charge is 0.252 e. The first kappa shape index (κ1) is 14.8. The number of hydrogen-bond donors (Lipinski definition) is 1. The van der Waals surface area contributed by atoms with Gasteiger partial charge in [-0.2, -0.15) is 0 Å². The molecule has 5 heteroatoms. The fraction of sp³-hybridized carbons (Fsp3) is 0.500. The molecule has 0 aromatic heterocycles. The lowest BCUT2D eigenvalue weighted by Crippen LogP contribution is -2.36. The van der Waals surface area contributed by atoms with Crippen molar-refractivity contribution in [2.45, 2.75) is 25.8 Å². The zero-order valence-electron chi connectivity index (χ0n) is 11.0. The van der Waals surface area contributed by atoms with Gasteiger partial charge in [0.25, 0.3) is 5.91 Å². The summed E-state index contributed by atoms with van der Waals surface area (Å²) in [4.78, 5) is 14.5. The topological polar surface area (TPSA) is 32.3 Å². The molecule has 0 unspecified atom stereocenters. The molecule has 19 heavy (non-hydrogen) atoms. The Morgan fingerprint density at radius 1 is 1.53 bits per heavy atom. The molecule has 104 valence electrons. The van der Waals surface area contributed by atoms with Gasteiger partial charge in [0.05, 0.1) is 5.56 Å². The molecule has 1 amide bonds. The molecule has 2 rings (SSSR count). The summed E-state index contributed by atoms with van der Waals surface area (Å²) in [5.74, 6) is -0.0822. The first-order chi connectivity index (χ1) is 9.11. The normalized spacial score (nSPS) is 14.7. The summed E-state index contributed by atoms with van der Waals surface area (Å²) >= 11 is 9.28. The zero-order chi connectivity index (χ0) is 13.8. The molecule has 0 radical (unpaired) electrons. The van der Waals surface area contributed by atoms with E-state index in [1.807, 2.05) is 0 Å². The van der Waals surface area contributed by atoms with E-state index in [9.17, 15) is 4.79 Å². The summed E-state index contributed by atoms with van der Waals surface area (Å²) in [7, 11) is 0. The van der Waals surface area contributed by atoms with Gasteiger partial charge in [-0.05, 0) is 53.5 Å². The van der Waals surface area contributed by atoms with Crippen molar-refractivity contribution >= 4 is 33.4 Å². The predicted octanol–water partition coefficient (Wildman–Crippen LogP) is 3.32. The van der Waals surface area contributed by atoms with Crippen LogP contribution in [0.3, 0.4) is 0 Å². The second kappa shape index (κ2) is 6.73. The van der Waals surface area contributed by atoms with Gasteiger partial charge < -0.3 is 5.32 Å². The van der Waals surface area contributed by atoms with Crippen molar-refractivity contribution in [3.8, 4) is 0 Å². The highest BCUT2D eigenvalue weighted by Gasteiger charge is 2.27. The van der Waals surface area contributed by atoms with Crippen LogP contribution in [0, 0.1) is 0 Å². The standard InChI is InChI=1S/C14H18BrClN2O/c1-2-18(11-4-5-11)8-7-17-14(19)12-9-10(16)3-6-13(12)15/h3,6,9,11H,2,4-5,7-8H2,1H3,(H,17,19). The number of amides is 1. The number of nitrogens with one attached hydrogen (secondary N) is 1. The molecule has 1 N–H and O–H groups in total. The van der Waals surface area contributed by atoms with Crippen LogP contribution in [0.2, 0.25) is 5.02 Å². The van der Waals surface area contributed by atoms with Gasteiger partial charge >= 0.3 is 0 Å². The van der Waals surface area contributed by atoms with Gasteiger partial charge in [0.15, 0.2) is 0 Å². The van der Waals surface area contributed by atoms with Gasteiger partial charge in [0.2, 0.25) is 0 Å². The van der Waals surface area contributed by atoms with Crippen molar-refractivity contribution in [2.75, 3.05) is 19.6 Å². The number of carbonyl (C=O) groups excluding carboxylic acids is 1. The molecule has 1 aromatic carbocycles. The molecule has 0 spiro atoms. The van der Waals surface area contributed by atoms with Crippen molar-refractivity contribution in [3.63, 3.8) is 0 Å². The van der Waals surface area contributed by atoms with Crippen molar-refractivity contribution in [1.29, 1.82) is 0 Å². The Bertz CT molecular complexity index is 463. The maximum Gasteiger partial charge on any atom is 0.252 e. The van der Waals surface area contributed by atoms with Crippen LogP contribution in [0.15, 0.2) is 22.7 Å². The highest BCUT2D eigenvalue weighted by molar-refractivity contribution is 9.10. The third kappa shape index (κ3) is 4.20. The first-order valence-corrected chi connectivity index (χ1v) is 7.76. The van der Waals surface area contributed by atoms with Crippen LogP contribution >= 0.6 is 27.5 Å². The summed E-state index contributed by atoms with van der Waals surface area (Å²) in [6, 6.07) is 5.97. The molecule has 0 atom stereocenters. The van der Waals surface area contributed by atoms with E-state index in [4.69, 9.17) is 11.6 Å². The number of nitrogens with zero attached hydrogens (tertiary/aromatic N) is 1. The fourth-order valence-corrected chi connectivity index (χ4v) is 2.72. The lowest BCUT2D eigenvalue weighted by molar-refractivity contribution is 0.0947. The van der Waals surface area contributed by atoms with Crippen molar-refractivity contribution < 1.29 is 4.79 Å². The molecule has 1 aromatic rings. The Morgan fingerprint density at radius 2 is 2.26 bits per heavy atom. The monoisotopic (exact) mass is 344 g/mol. The second-order valence-corrected chi connectivity index (χ2v) is 6.03. The largest absolute Gasteiger partial charge is 0.351 e. The van der Waals surface area contributed by atoms with Crippen molar-refractivity contribution in [3.05, 3.63) is 33.3 Å². The van der Waals surface area contributed by atoms with E-state index >= 15 is 0 Å². The molecule has 0 aliphatic heterocycles. The van der Waals surface area contributed by atoms with Gasteiger partial charge in [-0.15, -0.1) is 0 Å². The minimum atomic E-state index is -0.0822. The van der Waals surface area contributed by atoms with Gasteiger partial charge in [-0.3, -0.25) is 9.69 Å². The molecule has 1 fully saturated rings. The average molecular weight is 346 g/mol. The Balaban J connectivity index is 1.85. The van der Waals surface area contributed by atoms with E-state index in [1.54, 1.807) is 18.2 Å². The van der Waals surface area contributed by atoms with Crippen LogP contribution in [0.5, 0.6) is 0 Å². The van der Waals surface area contributed by atoms with Gasteiger partial charge in [0, 0.05) is 28.6 Å². The first-order valence-electron chi connectivity index (χ1n) is 6.59. The minimum absolute atomic E-state index is 0.0822. The molecule has 0 bridgehead atoms. The van der Waals surface area contributed by atoms with E-state index in [0.717, 1.165) is 23.6 Å². The van der Waals surface area contributed by atoms with E-state index in [2.05, 4.69) is 33.1 Å². The lowest BCUT2D eigenvalue weighted by atomic mass is 10.2. The Kier molecular flexibility index (Phi) is 5.25. The van der Waals surface area contributed by atoms with E-state index in [0.29, 0.717) is 17.1 Å². The average Bonchev–Trinajstić information content (AvgIpc) is 3.21. The Hall–Kier alpha value is -0.580. The number of rotatable bonds is 6. The van der Waals surface area contributed by atoms with Crippen LogP contribution in [-0.2, 0) is 0 Å². The van der Waals surface area contributed by atoms with E-state index in [-0.39, 0.29) is 5.91 Å². The Morgan fingerprint density at radius 3 is 2.89 bits per heavy atom. The van der Waals surface area contributed by atoms with Gasteiger partial charge in [-0.25, -0.2) is 0 Å². The quantitative estimate of drug-likeness (QED) is 0.858. The van der Waals surface area contributed by atoms with Crippen LogP contribution < -0.4 is 5.32 Å². The summed E-state index contributed by atoms with van der Waals surface area (Å²) in [5.41, 5.74) is 0.585. The maximum absolute atomic E-state index is 12.1. The molecule has 0 heterocycles. The van der Waals surface area contributed by atoms with Crippen LogP contribution in [0.4, 0.5) is 0 Å². The fourth-order valence-electron chi connectivity index (χ4n) is 2.12. The SMILES string of the molecule is CCN(CCNC(=O)c1cc(Cl)ccc1Br)C1CC1. The number of carbonyl (C=O) groups is 1. The van der Waals surface area contributed by atoms with Gasteiger partial charge in [0.1, 0.15) is 0 Å². The minimum Gasteiger partial charge on any atom is -0.351 e. The predicted molar refractivity (Wildman–Crippen MR) is 81.8 cm³/mol. The van der Waals surface area contributed by atoms with E-state index < -0.39 is 0 Å². The number of halogens is 2. The van der Waals surface area contributed by atoms with Crippen molar-refractivity contribution in [1.82, 2.24) is 10.2 Å². The summed E-state index contributed by atoms with van der Waals surface area (Å²) in [6.45, 7) is 4.78. The van der Waals surface area contributed by atoms with Crippen molar-refractivity contribution in [2.24, 2.45) is 0 Å². The van der Waals surface area contributed by atoms with Gasteiger partial charge in [-0.1, -0.05) is 18.5 Å². The van der Waals surface area contributed by atoms with Crippen LogP contribution in [-0.4, -0.2) is 36.5 Å². The van der Waals surface area contributed by atoms with Crippen LogP contribution in [0.25, 0.3) is 0 Å². The van der Waals surface area contributed by atoms with E-state index in [1.165, 1.54) is 12.8 Å². The third-order valence-corrected chi connectivity index (χ3v) is 4.25. The number of benzene rings is 1. The Labute approximate surface area is 127 Å². The molecule has 3 nitrogen and oxygen atoms in total. The highest BCUT2D eigenvalue weighted by atomic mass is 79.9. The molecular formula is C14H18BrClN2O.